The summed E-state index contributed by atoms with van der Waals surface area (Å²) in [4.78, 5) is 11.2. The number of hydrogen-bond acceptors (Lipinski definition) is 4. The topological polar surface area (TPSA) is 76.0 Å². The zero-order chi connectivity index (χ0) is 16.0. The molecule has 1 aromatic carbocycles. The number of methoxy groups -OCH3 is 1. The van der Waals surface area contributed by atoms with Crippen LogP contribution in [-0.2, 0) is 4.79 Å². The van der Waals surface area contributed by atoms with Gasteiger partial charge in [-0.05, 0) is 24.1 Å². The van der Waals surface area contributed by atoms with Gasteiger partial charge in [-0.2, -0.15) is 8.78 Å². The Kier molecular flexibility index (Phi) is 6.36. The lowest BCUT2D eigenvalue weighted by atomic mass is 9.92. The van der Waals surface area contributed by atoms with Crippen LogP contribution in [0.1, 0.15) is 31.4 Å². The van der Waals surface area contributed by atoms with Crippen LogP contribution in [0.25, 0.3) is 0 Å². The molecule has 0 saturated carbocycles. The van der Waals surface area contributed by atoms with Crippen LogP contribution in [0.2, 0.25) is 0 Å². The second-order valence-electron chi connectivity index (χ2n) is 4.47. The van der Waals surface area contributed by atoms with E-state index in [1.54, 1.807) is 6.92 Å². The summed E-state index contributed by atoms with van der Waals surface area (Å²) in [6, 6.07) is 3.94. The molecule has 2 unspecified atom stereocenters. The van der Waals surface area contributed by atoms with E-state index >= 15 is 0 Å². The Morgan fingerprint density at radius 2 is 2.00 bits per heavy atom. The zero-order valence-electron chi connectivity index (χ0n) is 11.8. The lowest BCUT2D eigenvalue weighted by Crippen LogP contribution is -2.22. The number of aliphatic hydroxyl groups is 1. The first-order valence-electron chi connectivity index (χ1n) is 6.44. The second kappa shape index (κ2) is 7.78. The highest BCUT2D eigenvalue weighted by atomic mass is 19.3. The van der Waals surface area contributed by atoms with Crippen molar-refractivity contribution in [3.63, 3.8) is 0 Å². The number of hydrogen-bond donors (Lipinski definition) is 2. The summed E-state index contributed by atoms with van der Waals surface area (Å²) in [7, 11) is 1.29. The maximum absolute atomic E-state index is 12.3. The Labute approximate surface area is 121 Å². The van der Waals surface area contributed by atoms with E-state index in [4.69, 9.17) is 9.84 Å². The first-order valence-corrected chi connectivity index (χ1v) is 6.44. The Hall–Kier alpha value is -1.89. The van der Waals surface area contributed by atoms with Crippen LogP contribution in [0.3, 0.4) is 0 Å². The summed E-state index contributed by atoms with van der Waals surface area (Å²) in [5.41, 5.74) is 0.187. The monoisotopic (exact) mass is 304 g/mol. The number of benzene rings is 1. The number of aliphatic carboxylic acids is 1. The average Bonchev–Trinajstić information content (AvgIpc) is 2.43. The molecular weight excluding hydrogens is 286 g/mol. The number of carbonyl (C=O) groups is 1. The minimum absolute atomic E-state index is 0.0774. The van der Waals surface area contributed by atoms with Gasteiger partial charge in [0.25, 0.3) is 0 Å². The van der Waals surface area contributed by atoms with Gasteiger partial charge < -0.3 is 19.7 Å². The lowest BCUT2D eigenvalue weighted by Gasteiger charge is -2.20. The normalized spacial score (nSPS) is 13.8. The number of carboxylic acids is 1. The Balaban J connectivity index is 3.08. The van der Waals surface area contributed by atoms with Gasteiger partial charge in [0.15, 0.2) is 11.5 Å². The van der Waals surface area contributed by atoms with Gasteiger partial charge in [-0.3, -0.25) is 4.79 Å². The molecule has 0 heterocycles. The predicted molar refractivity (Wildman–Crippen MR) is 70.6 cm³/mol. The molecule has 0 spiro atoms. The lowest BCUT2D eigenvalue weighted by molar-refractivity contribution is -0.146. The van der Waals surface area contributed by atoms with Gasteiger partial charge in [0.05, 0.1) is 19.1 Å². The van der Waals surface area contributed by atoms with Crippen molar-refractivity contribution in [2.75, 3.05) is 7.11 Å². The van der Waals surface area contributed by atoms with Crippen molar-refractivity contribution in [1.29, 1.82) is 0 Å². The molecule has 7 heteroatoms. The van der Waals surface area contributed by atoms with Crippen molar-refractivity contribution in [3.05, 3.63) is 23.8 Å². The highest BCUT2D eigenvalue weighted by Gasteiger charge is 2.28. The van der Waals surface area contributed by atoms with Gasteiger partial charge in [0.2, 0.25) is 0 Å². The van der Waals surface area contributed by atoms with E-state index in [1.165, 1.54) is 25.3 Å². The smallest absolute Gasteiger partial charge is 0.387 e. The van der Waals surface area contributed by atoms with Crippen molar-refractivity contribution in [2.24, 2.45) is 5.92 Å². The molecule has 1 aromatic rings. The first-order chi connectivity index (χ1) is 9.90. The summed E-state index contributed by atoms with van der Waals surface area (Å²) in [6.07, 6.45) is -0.466. The molecule has 0 amide bonds. The summed E-state index contributed by atoms with van der Waals surface area (Å²) in [6.45, 7) is -1.25. The molecule has 1 rings (SSSR count). The van der Waals surface area contributed by atoms with Crippen molar-refractivity contribution in [3.8, 4) is 11.5 Å². The minimum Gasteiger partial charge on any atom is -0.493 e. The molecule has 2 N–H and O–H groups in total. The molecule has 0 aliphatic carbocycles. The number of ether oxygens (including phenoxy) is 2. The fraction of sp³-hybridized carbons (Fsp3) is 0.500. The number of rotatable bonds is 8. The van der Waals surface area contributed by atoms with Crippen LogP contribution in [0, 0.1) is 5.92 Å². The van der Waals surface area contributed by atoms with E-state index < -0.39 is 24.6 Å². The molecule has 2 atom stereocenters. The third-order valence-corrected chi connectivity index (χ3v) is 3.04. The molecule has 21 heavy (non-hydrogen) atoms. The third kappa shape index (κ3) is 4.56. The van der Waals surface area contributed by atoms with E-state index in [2.05, 4.69) is 4.74 Å². The van der Waals surface area contributed by atoms with Gasteiger partial charge in [0, 0.05) is 0 Å². The maximum Gasteiger partial charge on any atom is 0.387 e. The fourth-order valence-electron chi connectivity index (χ4n) is 2.03. The Morgan fingerprint density at radius 1 is 1.33 bits per heavy atom. The summed E-state index contributed by atoms with van der Waals surface area (Å²) in [5.74, 6) is -2.32. The van der Waals surface area contributed by atoms with Crippen molar-refractivity contribution < 1.29 is 33.3 Å². The third-order valence-electron chi connectivity index (χ3n) is 3.04. The van der Waals surface area contributed by atoms with E-state index in [-0.39, 0.29) is 23.5 Å². The standard InChI is InChI=1S/C14H18F2O5/c1-3-4-9(13(18)19)12(17)8-5-6-10(20-2)11(7-8)21-14(15)16/h5-7,9,12,14,17H,3-4H2,1-2H3,(H,18,19). The second-order valence-corrected chi connectivity index (χ2v) is 4.47. The van der Waals surface area contributed by atoms with Crippen LogP contribution in [0.4, 0.5) is 8.78 Å². The van der Waals surface area contributed by atoms with E-state index in [9.17, 15) is 18.7 Å². The molecule has 0 aliphatic rings. The molecule has 0 bridgehead atoms. The van der Waals surface area contributed by atoms with Gasteiger partial charge in [-0.1, -0.05) is 19.4 Å². The molecule has 0 aromatic heterocycles. The fourth-order valence-corrected chi connectivity index (χ4v) is 2.03. The molecule has 5 nitrogen and oxygen atoms in total. The quantitative estimate of drug-likeness (QED) is 0.772. The molecular formula is C14H18F2O5. The molecule has 0 saturated heterocycles. The number of carboxylic acid groups (broad SMARTS) is 1. The zero-order valence-corrected chi connectivity index (χ0v) is 11.8. The highest BCUT2D eigenvalue weighted by Crippen LogP contribution is 2.34. The minimum atomic E-state index is -3.04. The highest BCUT2D eigenvalue weighted by molar-refractivity contribution is 5.71. The van der Waals surface area contributed by atoms with Gasteiger partial charge in [-0.25, -0.2) is 0 Å². The van der Waals surface area contributed by atoms with Gasteiger partial charge in [-0.15, -0.1) is 0 Å². The van der Waals surface area contributed by atoms with Crippen LogP contribution in [-0.4, -0.2) is 29.9 Å². The Morgan fingerprint density at radius 3 is 2.48 bits per heavy atom. The van der Waals surface area contributed by atoms with Crippen molar-refractivity contribution in [1.82, 2.24) is 0 Å². The number of alkyl halides is 2. The maximum atomic E-state index is 12.3. The number of halogens is 2. The van der Waals surface area contributed by atoms with Crippen LogP contribution in [0.5, 0.6) is 11.5 Å². The van der Waals surface area contributed by atoms with Gasteiger partial charge >= 0.3 is 12.6 Å². The largest absolute Gasteiger partial charge is 0.493 e. The SMILES string of the molecule is CCCC(C(=O)O)C(O)c1ccc(OC)c(OC(F)F)c1. The summed E-state index contributed by atoms with van der Waals surface area (Å²) >= 11 is 0. The van der Waals surface area contributed by atoms with Crippen LogP contribution in [0.15, 0.2) is 18.2 Å². The van der Waals surface area contributed by atoms with Crippen molar-refractivity contribution in [2.45, 2.75) is 32.5 Å². The van der Waals surface area contributed by atoms with Gasteiger partial charge in [0.1, 0.15) is 0 Å². The first kappa shape index (κ1) is 17.2. The van der Waals surface area contributed by atoms with E-state index in [0.717, 1.165) is 0 Å². The Bertz CT molecular complexity index is 478. The number of aliphatic hydroxyl groups excluding tert-OH is 1. The summed E-state index contributed by atoms with van der Waals surface area (Å²) in [5, 5.41) is 19.3. The molecule has 0 fully saturated rings. The van der Waals surface area contributed by atoms with E-state index in [1.807, 2.05) is 0 Å². The predicted octanol–water partition coefficient (Wildman–Crippen LogP) is 2.83. The molecule has 0 radical (unpaired) electrons. The van der Waals surface area contributed by atoms with Crippen LogP contribution < -0.4 is 9.47 Å². The van der Waals surface area contributed by atoms with E-state index in [0.29, 0.717) is 6.42 Å². The summed E-state index contributed by atoms with van der Waals surface area (Å²) < 4.78 is 33.9. The average molecular weight is 304 g/mol. The molecule has 0 aliphatic heterocycles. The molecule has 118 valence electrons. The van der Waals surface area contributed by atoms with Crippen LogP contribution >= 0.6 is 0 Å². The van der Waals surface area contributed by atoms with Crippen molar-refractivity contribution >= 4 is 5.97 Å².